The van der Waals surface area contributed by atoms with Gasteiger partial charge in [0.15, 0.2) is 0 Å². The summed E-state index contributed by atoms with van der Waals surface area (Å²) in [6.45, 7) is 7.83. The van der Waals surface area contributed by atoms with E-state index in [1.165, 1.54) is 11.3 Å². The molecule has 1 aliphatic rings. The van der Waals surface area contributed by atoms with E-state index in [1.807, 2.05) is 24.8 Å². The van der Waals surface area contributed by atoms with Crippen LogP contribution in [-0.4, -0.2) is 28.9 Å². The molecule has 1 fully saturated rings. The lowest BCUT2D eigenvalue weighted by atomic mass is 10.1. The number of pyridine rings is 1. The van der Waals surface area contributed by atoms with Crippen LogP contribution in [0.25, 0.3) is 10.2 Å². The fourth-order valence-corrected chi connectivity index (χ4v) is 4.08. The lowest BCUT2D eigenvalue weighted by molar-refractivity contribution is 0.0794. The maximum Gasteiger partial charge on any atom is 0.266 e. The summed E-state index contributed by atoms with van der Waals surface area (Å²) in [6, 6.07) is 2.01. The van der Waals surface area contributed by atoms with Crippen LogP contribution in [0.2, 0.25) is 0 Å². The van der Waals surface area contributed by atoms with Crippen molar-refractivity contribution >= 4 is 33.1 Å². The van der Waals surface area contributed by atoms with Crippen molar-refractivity contribution in [3.05, 3.63) is 22.2 Å². The summed E-state index contributed by atoms with van der Waals surface area (Å²) >= 11 is 1.42. The van der Waals surface area contributed by atoms with Crippen molar-refractivity contribution in [3.8, 4) is 0 Å². The summed E-state index contributed by atoms with van der Waals surface area (Å²) in [5, 5.41) is 0.941. The van der Waals surface area contributed by atoms with Crippen LogP contribution in [0.5, 0.6) is 0 Å². The van der Waals surface area contributed by atoms with Crippen LogP contribution in [0.1, 0.15) is 34.3 Å². The van der Waals surface area contributed by atoms with Crippen molar-refractivity contribution in [3.63, 3.8) is 0 Å². The van der Waals surface area contributed by atoms with Crippen LogP contribution in [0.4, 0.5) is 5.69 Å². The first-order valence-electron chi connectivity index (χ1n) is 6.93. The third-order valence-electron chi connectivity index (χ3n) is 3.93. The van der Waals surface area contributed by atoms with Crippen molar-refractivity contribution in [2.45, 2.75) is 27.2 Å². The van der Waals surface area contributed by atoms with Crippen molar-refractivity contribution < 1.29 is 4.79 Å². The van der Waals surface area contributed by atoms with Gasteiger partial charge in [0.2, 0.25) is 0 Å². The summed E-state index contributed by atoms with van der Waals surface area (Å²) in [6.07, 6.45) is 1.08. The Morgan fingerprint density at radius 1 is 1.50 bits per heavy atom. The molecular weight excluding hydrogens is 270 g/mol. The van der Waals surface area contributed by atoms with E-state index in [4.69, 9.17) is 5.73 Å². The normalized spacial score (nSPS) is 18.9. The molecule has 1 amide bonds. The first-order valence-corrected chi connectivity index (χ1v) is 7.74. The zero-order chi connectivity index (χ0) is 14.4. The maximum absolute atomic E-state index is 12.6. The summed E-state index contributed by atoms with van der Waals surface area (Å²) in [4.78, 5) is 20.5. The maximum atomic E-state index is 12.6. The van der Waals surface area contributed by atoms with E-state index < -0.39 is 0 Å². The van der Waals surface area contributed by atoms with E-state index in [0.717, 1.165) is 41.0 Å². The second-order valence-corrected chi connectivity index (χ2v) is 6.75. The van der Waals surface area contributed by atoms with Crippen LogP contribution in [-0.2, 0) is 0 Å². The van der Waals surface area contributed by atoms with Crippen LogP contribution in [0.3, 0.4) is 0 Å². The van der Waals surface area contributed by atoms with Crippen LogP contribution >= 0.6 is 11.3 Å². The number of aromatic nitrogens is 1. The number of hydrogen-bond donors (Lipinski definition) is 1. The number of carbonyl (C=O) groups excluding carboxylic acids is 1. The van der Waals surface area contributed by atoms with Gasteiger partial charge in [-0.1, -0.05) is 6.92 Å². The molecule has 20 heavy (non-hydrogen) atoms. The number of amides is 1. The summed E-state index contributed by atoms with van der Waals surface area (Å²) in [5.74, 6) is 0.642. The quantitative estimate of drug-likeness (QED) is 0.878. The molecule has 1 atom stereocenters. The summed E-state index contributed by atoms with van der Waals surface area (Å²) in [7, 11) is 0. The Bertz CT molecular complexity index is 692. The monoisotopic (exact) mass is 289 g/mol. The smallest absolute Gasteiger partial charge is 0.266 e. The molecule has 0 aliphatic carbocycles. The minimum Gasteiger partial charge on any atom is -0.397 e. The Hall–Kier alpha value is -1.62. The second kappa shape index (κ2) is 4.74. The molecule has 1 saturated heterocycles. The van der Waals surface area contributed by atoms with Gasteiger partial charge in [-0.2, -0.15) is 0 Å². The molecule has 0 aromatic carbocycles. The molecule has 3 rings (SSSR count). The molecule has 1 unspecified atom stereocenters. The van der Waals surface area contributed by atoms with E-state index in [1.54, 1.807) is 0 Å². The van der Waals surface area contributed by atoms with E-state index >= 15 is 0 Å². The highest BCUT2D eigenvalue weighted by Crippen LogP contribution is 2.36. The number of thiophene rings is 1. The van der Waals surface area contributed by atoms with Gasteiger partial charge in [-0.25, -0.2) is 4.98 Å². The Morgan fingerprint density at radius 3 is 2.90 bits per heavy atom. The molecule has 2 aromatic heterocycles. The van der Waals surface area contributed by atoms with E-state index in [2.05, 4.69) is 11.9 Å². The number of likely N-dealkylation sites (tertiary alicyclic amines) is 1. The fraction of sp³-hybridized carbons (Fsp3) is 0.467. The van der Waals surface area contributed by atoms with E-state index in [9.17, 15) is 4.79 Å². The molecule has 0 radical (unpaired) electrons. The van der Waals surface area contributed by atoms with Gasteiger partial charge in [-0.15, -0.1) is 11.3 Å². The topological polar surface area (TPSA) is 59.2 Å². The zero-order valence-electron chi connectivity index (χ0n) is 12.1. The van der Waals surface area contributed by atoms with Gasteiger partial charge < -0.3 is 10.6 Å². The molecule has 0 saturated carbocycles. The first-order chi connectivity index (χ1) is 9.47. The van der Waals surface area contributed by atoms with Gasteiger partial charge >= 0.3 is 0 Å². The summed E-state index contributed by atoms with van der Waals surface area (Å²) < 4.78 is 0. The number of nitrogens with two attached hydrogens (primary N) is 1. The van der Waals surface area contributed by atoms with Gasteiger partial charge in [0, 0.05) is 24.2 Å². The Morgan fingerprint density at radius 2 is 2.25 bits per heavy atom. The lowest BCUT2D eigenvalue weighted by Crippen LogP contribution is -2.28. The average molecular weight is 289 g/mol. The predicted molar refractivity (Wildman–Crippen MR) is 83.2 cm³/mol. The van der Waals surface area contributed by atoms with Gasteiger partial charge in [-0.3, -0.25) is 4.79 Å². The molecule has 1 aliphatic heterocycles. The molecule has 106 valence electrons. The van der Waals surface area contributed by atoms with Crippen LogP contribution in [0, 0.1) is 19.8 Å². The highest BCUT2D eigenvalue weighted by molar-refractivity contribution is 7.21. The average Bonchev–Trinajstić information content (AvgIpc) is 2.93. The minimum atomic E-state index is 0.0619. The van der Waals surface area contributed by atoms with Crippen molar-refractivity contribution in [2.24, 2.45) is 5.92 Å². The zero-order valence-corrected chi connectivity index (χ0v) is 12.9. The first kappa shape index (κ1) is 13.4. The number of carbonyl (C=O) groups is 1. The minimum absolute atomic E-state index is 0.0619. The SMILES string of the molecule is Cc1cc(C)c2c(N)c(C(=O)N3CCC(C)C3)sc2n1. The van der Waals surface area contributed by atoms with E-state index in [0.29, 0.717) is 16.5 Å². The predicted octanol–water partition coefficient (Wildman–Crippen LogP) is 2.98. The van der Waals surface area contributed by atoms with Gasteiger partial charge in [0.1, 0.15) is 9.71 Å². The number of hydrogen-bond acceptors (Lipinski definition) is 4. The highest BCUT2D eigenvalue weighted by atomic mass is 32.1. The van der Waals surface area contributed by atoms with Crippen molar-refractivity contribution in [1.29, 1.82) is 0 Å². The van der Waals surface area contributed by atoms with Gasteiger partial charge in [0.25, 0.3) is 5.91 Å². The molecule has 0 spiro atoms. The highest BCUT2D eigenvalue weighted by Gasteiger charge is 2.28. The molecule has 5 heteroatoms. The number of aryl methyl sites for hydroxylation is 2. The number of nitrogen functional groups attached to an aromatic ring is 1. The molecule has 3 heterocycles. The second-order valence-electron chi connectivity index (χ2n) is 5.75. The Kier molecular flexibility index (Phi) is 3.17. The molecule has 2 N–H and O–H groups in total. The molecule has 4 nitrogen and oxygen atoms in total. The largest absolute Gasteiger partial charge is 0.397 e. The van der Waals surface area contributed by atoms with Crippen LogP contribution in [0.15, 0.2) is 6.07 Å². The fourth-order valence-electron chi connectivity index (χ4n) is 2.89. The number of rotatable bonds is 1. The third kappa shape index (κ3) is 2.06. The van der Waals surface area contributed by atoms with Crippen molar-refractivity contribution in [2.75, 3.05) is 18.8 Å². The van der Waals surface area contributed by atoms with E-state index in [-0.39, 0.29) is 5.91 Å². The number of fused-ring (bicyclic) bond motifs is 1. The Labute approximate surface area is 122 Å². The molecule has 2 aromatic rings. The van der Waals surface area contributed by atoms with Crippen molar-refractivity contribution in [1.82, 2.24) is 9.88 Å². The standard InChI is InChI=1S/C15H19N3OS/c1-8-4-5-18(7-8)15(19)13-12(16)11-9(2)6-10(3)17-14(11)20-13/h6,8H,4-5,7,16H2,1-3H3. The number of anilines is 1. The van der Waals surface area contributed by atoms with Gasteiger partial charge in [0.05, 0.1) is 5.69 Å². The molecule has 0 bridgehead atoms. The number of nitrogens with zero attached hydrogens (tertiary/aromatic N) is 2. The van der Waals surface area contributed by atoms with Crippen LogP contribution < -0.4 is 5.73 Å². The lowest BCUT2D eigenvalue weighted by Gasteiger charge is -2.14. The summed E-state index contributed by atoms with van der Waals surface area (Å²) in [5.41, 5.74) is 8.87. The van der Waals surface area contributed by atoms with Gasteiger partial charge in [-0.05, 0) is 37.8 Å². The third-order valence-corrected chi connectivity index (χ3v) is 5.02. The Balaban J connectivity index is 2.06. The molecular formula is C15H19N3OS.